The molecule has 0 saturated carbocycles. The minimum atomic E-state index is -1.04. The number of benzene rings is 2. The second-order valence-corrected chi connectivity index (χ2v) is 8.80. The summed E-state index contributed by atoms with van der Waals surface area (Å²) in [6.45, 7) is -0.207. The molecule has 2 aromatic carbocycles. The smallest absolute Gasteiger partial charge is 0.337 e. The number of pyridine rings is 1. The number of aromatic carboxylic acids is 1. The topological polar surface area (TPSA) is 82.5 Å². The number of thioether (sulfide) groups is 1. The minimum Gasteiger partial charge on any atom is -0.478 e. The van der Waals surface area contributed by atoms with Crippen LogP contribution in [0.4, 0.5) is 11.4 Å². The van der Waals surface area contributed by atoms with Gasteiger partial charge in [0.15, 0.2) is 0 Å². The average Bonchev–Trinajstić information content (AvgIpc) is 2.74. The fourth-order valence-electron chi connectivity index (χ4n) is 3.42. The number of halogens is 1. The maximum absolute atomic E-state index is 11.8. The van der Waals surface area contributed by atoms with Crippen LogP contribution in [0.15, 0.2) is 53.1 Å². The van der Waals surface area contributed by atoms with Crippen molar-refractivity contribution in [2.24, 2.45) is 0 Å². The summed E-state index contributed by atoms with van der Waals surface area (Å²) in [5, 5.41) is 23.3. The number of aliphatic hydroxyl groups is 1. The number of nitrogens with zero attached hydrogens (tertiary/aromatic N) is 1. The standard InChI is InChI=1S/C22H19BrN2O3S/c23-15-2-4-19-16(10-15)21(18(11-24-19)14-5-7-29-8-6-14)25-20-3-1-13(12-26)9-17(20)22(27)28/h1-5,9-11,26H,6-8,12H2,(H,24,25)(H,27,28). The van der Waals surface area contributed by atoms with Crippen LogP contribution in [0.5, 0.6) is 0 Å². The van der Waals surface area contributed by atoms with E-state index in [1.807, 2.05) is 36.2 Å². The molecule has 0 amide bonds. The molecule has 0 aliphatic carbocycles. The lowest BCUT2D eigenvalue weighted by atomic mass is 9.99. The van der Waals surface area contributed by atoms with E-state index in [0.29, 0.717) is 11.3 Å². The van der Waals surface area contributed by atoms with Gasteiger partial charge in [-0.2, -0.15) is 11.8 Å². The number of rotatable bonds is 5. The summed E-state index contributed by atoms with van der Waals surface area (Å²) >= 11 is 5.43. The Morgan fingerprint density at radius 3 is 2.83 bits per heavy atom. The van der Waals surface area contributed by atoms with Crippen molar-refractivity contribution in [3.05, 3.63) is 69.8 Å². The highest BCUT2D eigenvalue weighted by Crippen LogP contribution is 2.38. The molecule has 0 fully saturated rings. The number of carboxylic acids is 1. The van der Waals surface area contributed by atoms with E-state index in [4.69, 9.17) is 0 Å². The van der Waals surface area contributed by atoms with Gasteiger partial charge in [0.1, 0.15) is 0 Å². The average molecular weight is 471 g/mol. The number of aliphatic hydroxyl groups excluding tert-OH is 1. The molecule has 0 spiro atoms. The van der Waals surface area contributed by atoms with Gasteiger partial charge in [-0.05, 0) is 53.6 Å². The summed E-state index contributed by atoms with van der Waals surface area (Å²) in [5.74, 6) is 0.960. The second kappa shape index (κ2) is 8.57. The number of allylic oxidation sites excluding steroid dienone is 1. The van der Waals surface area contributed by atoms with Gasteiger partial charge in [-0.25, -0.2) is 4.79 Å². The summed E-state index contributed by atoms with van der Waals surface area (Å²) in [5.41, 5.74) is 5.03. The Hall–Kier alpha value is -2.35. The van der Waals surface area contributed by atoms with Gasteiger partial charge in [0.25, 0.3) is 0 Å². The fraction of sp³-hybridized carbons (Fsp3) is 0.182. The van der Waals surface area contributed by atoms with Crippen molar-refractivity contribution in [2.75, 3.05) is 16.8 Å². The van der Waals surface area contributed by atoms with Crippen molar-refractivity contribution in [3.63, 3.8) is 0 Å². The molecule has 0 bridgehead atoms. The highest BCUT2D eigenvalue weighted by Gasteiger charge is 2.18. The highest BCUT2D eigenvalue weighted by atomic mass is 79.9. The summed E-state index contributed by atoms with van der Waals surface area (Å²) in [4.78, 5) is 16.5. The van der Waals surface area contributed by atoms with Crippen molar-refractivity contribution in [1.82, 2.24) is 4.98 Å². The van der Waals surface area contributed by atoms with E-state index in [9.17, 15) is 15.0 Å². The Morgan fingerprint density at radius 1 is 1.24 bits per heavy atom. The lowest BCUT2D eigenvalue weighted by Crippen LogP contribution is -2.07. The first-order chi connectivity index (χ1) is 14.1. The highest BCUT2D eigenvalue weighted by molar-refractivity contribution is 9.10. The molecule has 1 aromatic heterocycles. The summed E-state index contributed by atoms with van der Waals surface area (Å²) in [6.07, 6.45) is 5.02. The maximum atomic E-state index is 11.8. The van der Waals surface area contributed by atoms with Crippen LogP contribution in [-0.2, 0) is 6.61 Å². The van der Waals surface area contributed by atoms with Gasteiger partial charge >= 0.3 is 5.97 Å². The maximum Gasteiger partial charge on any atom is 0.337 e. The Bertz CT molecular complexity index is 1130. The number of aromatic nitrogens is 1. The molecule has 29 heavy (non-hydrogen) atoms. The number of carboxylic acid groups (broad SMARTS) is 1. The van der Waals surface area contributed by atoms with Crippen LogP contribution >= 0.6 is 27.7 Å². The quantitative estimate of drug-likeness (QED) is 0.459. The third-order valence-electron chi connectivity index (χ3n) is 4.90. The van der Waals surface area contributed by atoms with Crippen LogP contribution < -0.4 is 5.32 Å². The predicted molar refractivity (Wildman–Crippen MR) is 122 cm³/mol. The summed E-state index contributed by atoms with van der Waals surface area (Å²) in [6, 6.07) is 10.8. The molecule has 0 atom stereocenters. The molecule has 3 aromatic rings. The van der Waals surface area contributed by atoms with Gasteiger partial charge in [-0.3, -0.25) is 4.98 Å². The molecule has 7 heteroatoms. The second-order valence-electron chi connectivity index (χ2n) is 6.73. The number of anilines is 2. The monoisotopic (exact) mass is 470 g/mol. The van der Waals surface area contributed by atoms with E-state index >= 15 is 0 Å². The first-order valence-electron chi connectivity index (χ1n) is 9.16. The molecule has 0 radical (unpaired) electrons. The third-order valence-corrected chi connectivity index (χ3v) is 6.28. The molecular formula is C22H19BrN2O3S. The van der Waals surface area contributed by atoms with Gasteiger partial charge in [-0.1, -0.05) is 28.1 Å². The van der Waals surface area contributed by atoms with E-state index in [2.05, 4.69) is 32.3 Å². The Morgan fingerprint density at radius 2 is 2.10 bits per heavy atom. The lowest BCUT2D eigenvalue weighted by molar-refractivity contribution is 0.0698. The van der Waals surface area contributed by atoms with Crippen LogP contribution in [0, 0.1) is 0 Å². The van der Waals surface area contributed by atoms with Crippen molar-refractivity contribution in [2.45, 2.75) is 13.0 Å². The Kier molecular flexibility index (Phi) is 5.89. The van der Waals surface area contributed by atoms with Crippen LogP contribution in [0.1, 0.15) is 27.9 Å². The van der Waals surface area contributed by atoms with Crippen LogP contribution in [-0.4, -0.2) is 32.7 Å². The molecular weight excluding hydrogens is 452 g/mol. The normalized spacial score (nSPS) is 13.9. The molecule has 148 valence electrons. The van der Waals surface area contributed by atoms with Gasteiger partial charge < -0.3 is 15.5 Å². The van der Waals surface area contributed by atoms with Crippen LogP contribution in [0.25, 0.3) is 16.5 Å². The van der Waals surface area contributed by atoms with E-state index < -0.39 is 5.97 Å². The van der Waals surface area contributed by atoms with E-state index in [0.717, 1.165) is 44.6 Å². The molecule has 0 unspecified atom stereocenters. The molecule has 2 heterocycles. The number of hydrogen-bond acceptors (Lipinski definition) is 5. The third kappa shape index (κ3) is 4.17. The van der Waals surface area contributed by atoms with E-state index in [-0.39, 0.29) is 12.2 Å². The predicted octanol–water partition coefficient (Wildman–Crippen LogP) is 5.45. The van der Waals surface area contributed by atoms with Crippen molar-refractivity contribution in [3.8, 4) is 0 Å². The Labute approximate surface area is 181 Å². The fourth-order valence-corrected chi connectivity index (χ4v) is 4.64. The lowest BCUT2D eigenvalue weighted by Gasteiger charge is -2.20. The summed E-state index contributed by atoms with van der Waals surface area (Å²) in [7, 11) is 0. The van der Waals surface area contributed by atoms with Gasteiger partial charge in [0.2, 0.25) is 0 Å². The molecule has 1 aliphatic rings. The van der Waals surface area contributed by atoms with Gasteiger partial charge in [0, 0.05) is 27.4 Å². The minimum absolute atomic E-state index is 0.121. The summed E-state index contributed by atoms with van der Waals surface area (Å²) < 4.78 is 0.925. The largest absolute Gasteiger partial charge is 0.478 e. The SMILES string of the molecule is O=C(O)c1cc(CO)ccc1Nc1c(C2=CCSCC2)cnc2ccc(Br)cc12. The first kappa shape index (κ1) is 19.9. The number of hydrogen-bond donors (Lipinski definition) is 3. The molecule has 4 rings (SSSR count). The zero-order valence-corrected chi connectivity index (χ0v) is 17.9. The zero-order valence-electron chi connectivity index (χ0n) is 15.5. The van der Waals surface area contributed by atoms with E-state index in [1.54, 1.807) is 12.1 Å². The first-order valence-corrected chi connectivity index (χ1v) is 11.1. The van der Waals surface area contributed by atoms with Gasteiger partial charge in [-0.15, -0.1) is 0 Å². The number of nitrogens with one attached hydrogen (secondary N) is 1. The number of fused-ring (bicyclic) bond motifs is 1. The number of carbonyl (C=O) groups is 1. The van der Waals surface area contributed by atoms with E-state index in [1.165, 1.54) is 11.6 Å². The molecule has 5 nitrogen and oxygen atoms in total. The molecule has 0 saturated heterocycles. The molecule has 3 N–H and O–H groups in total. The molecule has 1 aliphatic heterocycles. The van der Waals surface area contributed by atoms with Crippen molar-refractivity contribution < 1.29 is 15.0 Å². The van der Waals surface area contributed by atoms with Crippen LogP contribution in [0.3, 0.4) is 0 Å². The van der Waals surface area contributed by atoms with Crippen molar-refractivity contribution >= 4 is 61.5 Å². The van der Waals surface area contributed by atoms with Crippen LogP contribution in [0.2, 0.25) is 0 Å². The zero-order chi connectivity index (χ0) is 20.4. The Balaban J connectivity index is 1.91. The van der Waals surface area contributed by atoms with Gasteiger partial charge in [0.05, 0.1) is 29.1 Å². The van der Waals surface area contributed by atoms with Crippen molar-refractivity contribution in [1.29, 1.82) is 0 Å².